The van der Waals surface area contributed by atoms with Gasteiger partial charge in [0.1, 0.15) is 6.04 Å². The number of nitrogens with zero attached hydrogens (tertiary/aromatic N) is 2. The van der Waals surface area contributed by atoms with Crippen LogP contribution in [0.25, 0.3) is 0 Å². The number of carbonyl (C=O) groups is 4. The summed E-state index contributed by atoms with van der Waals surface area (Å²) < 4.78 is 11.6. The van der Waals surface area contributed by atoms with Crippen LogP contribution >= 0.6 is 0 Å². The fourth-order valence-electron chi connectivity index (χ4n) is 5.88. The van der Waals surface area contributed by atoms with Gasteiger partial charge >= 0.3 is 5.97 Å². The highest BCUT2D eigenvalue weighted by molar-refractivity contribution is 5.85. The number of methoxy groups -OCH3 is 2. The second kappa shape index (κ2) is 16.5. The number of nitrogens with one attached hydrogen (secondary N) is 1. The fourth-order valence-corrected chi connectivity index (χ4v) is 5.88. The first kappa shape index (κ1) is 34.2. The van der Waals surface area contributed by atoms with Crippen LogP contribution in [-0.4, -0.2) is 96.7 Å². The number of carboxylic acids is 1. The predicted molar refractivity (Wildman–Crippen MR) is 157 cm³/mol. The molecule has 1 aliphatic heterocycles. The van der Waals surface area contributed by atoms with Gasteiger partial charge in [0, 0.05) is 41.2 Å². The minimum Gasteiger partial charge on any atom is -0.480 e. The molecular weight excluding hydrogens is 526 g/mol. The molecule has 1 saturated heterocycles. The maximum Gasteiger partial charge on any atom is 0.326 e. The van der Waals surface area contributed by atoms with E-state index in [0.29, 0.717) is 19.4 Å². The molecule has 1 aliphatic carbocycles. The second-order valence-corrected chi connectivity index (χ2v) is 11.2. The van der Waals surface area contributed by atoms with Crippen LogP contribution in [0.3, 0.4) is 0 Å². The number of likely N-dealkylation sites (N-methyl/N-ethyl adjacent to an activating group) is 1. The topological polar surface area (TPSA) is 125 Å². The van der Waals surface area contributed by atoms with E-state index in [-0.39, 0.29) is 42.7 Å². The first-order valence-electron chi connectivity index (χ1n) is 14.6. The number of ether oxygens (including phenoxy) is 2. The van der Waals surface area contributed by atoms with E-state index in [4.69, 9.17) is 9.47 Å². The van der Waals surface area contributed by atoms with Gasteiger partial charge in [0.15, 0.2) is 0 Å². The van der Waals surface area contributed by atoms with Gasteiger partial charge in [-0.2, -0.15) is 0 Å². The predicted octanol–water partition coefficient (Wildman–Crippen LogP) is 3.33. The second-order valence-electron chi connectivity index (χ2n) is 11.2. The molecule has 0 aromatic carbocycles. The molecule has 0 saturated carbocycles. The van der Waals surface area contributed by atoms with Crippen LogP contribution in [0.1, 0.15) is 66.2 Å². The van der Waals surface area contributed by atoms with E-state index in [1.54, 1.807) is 30.9 Å². The summed E-state index contributed by atoms with van der Waals surface area (Å²) in [6.45, 7) is 7.83. The third-order valence-corrected chi connectivity index (χ3v) is 8.54. The summed E-state index contributed by atoms with van der Waals surface area (Å²) in [5.74, 6) is -2.34. The minimum absolute atomic E-state index is 0.0918. The van der Waals surface area contributed by atoms with E-state index in [1.807, 2.05) is 44.2 Å². The molecule has 0 radical (unpaired) electrons. The van der Waals surface area contributed by atoms with Crippen molar-refractivity contribution < 1.29 is 33.8 Å². The van der Waals surface area contributed by atoms with Gasteiger partial charge in [-0.05, 0) is 30.8 Å². The van der Waals surface area contributed by atoms with Crippen LogP contribution in [-0.2, 0) is 28.7 Å². The van der Waals surface area contributed by atoms with Gasteiger partial charge < -0.3 is 29.7 Å². The molecule has 0 aromatic rings. The number of carbonyl (C=O) groups excluding carboxylic acids is 3. The van der Waals surface area contributed by atoms with Gasteiger partial charge in [-0.1, -0.05) is 57.6 Å². The molecule has 10 nitrogen and oxygen atoms in total. The van der Waals surface area contributed by atoms with Gasteiger partial charge in [-0.25, -0.2) is 4.79 Å². The molecule has 0 spiro atoms. The van der Waals surface area contributed by atoms with Crippen molar-refractivity contribution >= 4 is 23.7 Å². The highest BCUT2D eigenvalue weighted by Gasteiger charge is 2.42. The number of amides is 3. The summed E-state index contributed by atoms with van der Waals surface area (Å²) in [4.78, 5) is 54.6. The van der Waals surface area contributed by atoms with Gasteiger partial charge in [-0.15, -0.1) is 0 Å². The largest absolute Gasteiger partial charge is 0.480 e. The number of allylic oxidation sites excluding steroid dienone is 5. The van der Waals surface area contributed by atoms with Crippen LogP contribution in [0.4, 0.5) is 0 Å². The van der Waals surface area contributed by atoms with Gasteiger partial charge in [-0.3, -0.25) is 14.4 Å². The molecule has 230 valence electrons. The quantitative estimate of drug-likeness (QED) is 0.307. The van der Waals surface area contributed by atoms with E-state index in [0.717, 1.165) is 18.4 Å². The van der Waals surface area contributed by atoms with Gasteiger partial charge in [0.2, 0.25) is 17.7 Å². The zero-order chi connectivity index (χ0) is 30.7. The number of likely N-dealkylation sites (tertiary alicyclic amines) is 1. The van der Waals surface area contributed by atoms with Crippen molar-refractivity contribution in [2.24, 2.45) is 11.8 Å². The molecule has 41 heavy (non-hydrogen) atoms. The molecule has 2 N–H and O–H groups in total. The summed E-state index contributed by atoms with van der Waals surface area (Å²) in [7, 11) is 4.81. The highest BCUT2D eigenvalue weighted by Crippen LogP contribution is 2.29. The molecule has 2 aliphatic rings. The third kappa shape index (κ3) is 9.26. The first-order valence-corrected chi connectivity index (χ1v) is 14.6. The van der Waals surface area contributed by atoms with Crippen LogP contribution in [0.2, 0.25) is 0 Å². The number of hydrogen-bond acceptors (Lipinski definition) is 6. The Hall–Kier alpha value is -2.98. The summed E-state index contributed by atoms with van der Waals surface area (Å²) in [6, 6.07) is -1.70. The Morgan fingerprint density at radius 2 is 1.88 bits per heavy atom. The summed E-state index contributed by atoms with van der Waals surface area (Å²) in [6.07, 6.45) is 11.6. The molecule has 7 atom stereocenters. The maximum absolute atomic E-state index is 13.7. The number of carboxylic acid groups (broad SMARTS) is 1. The lowest BCUT2D eigenvalue weighted by atomic mass is 9.90. The van der Waals surface area contributed by atoms with Crippen molar-refractivity contribution in [2.45, 2.75) is 96.6 Å². The average molecular weight is 576 g/mol. The first-order chi connectivity index (χ1) is 19.5. The molecule has 3 amide bonds. The van der Waals surface area contributed by atoms with Crippen LogP contribution in [0, 0.1) is 11.8 Å². The lowest BCUT2D eigenvalue weighted by Gasteiger charge is -2.39. The molecular formula is C31H49N3O7. The Bertz CT molecular complexity index is 1010. The average Bonchev–Trinajstić information content (AvgIpc) is 3.28. The molecule has 2 rings (SSSR count). The van der Waals surface area contributed by atoms with Crippen molar-refractivity contribution in [2.75, 3.05) is 27.8 Å². The lowest BCUT2D eigenvalue weighted by molar-refractivity contribution is -0.146. The maximum atomic E-state index is 13.7. The van der Waals surface area contributed by atoms with E-state index in [1.165, 1.54) is 14.0 Å². The lowest BCUT2D eigenvalue weighted by Crippen LogP contribution is -2.53. The van der Waals surface area contributed by atoms with Crippen LogP contribution < -0.4 is 5.32 Å². The summed E-state index contributed by atoms with van der Waals surface area (Å²) in [5.41, 5.74) is 0.838. The van der Waals surface area contributed by atoms with Crippen molar-refractivity contribution in [3.8, 4) is 0 Å². The van der Waals surface area contributed by atoms with Crippen molar-refractivity contribution in [3.05, 3.63) is 36.0 Å². The number of rotatable bonds is 15. The molecule has 10 heteroatoms. The number of aliphatic carboxylic acids is 1. The Morgan fingerprint density at radius 1 is 1.17 bits per heavy atom. The van der Waals surface area contributed by atoms with Crippen molar-refractivity contribution in [1.82, 2.24) is 15.1 Å². The Kier molecular flexibility index (Phi) is 13.7. The summed E-state index contributed by atoms with van der Waals surface area (Å²) >= 11 is 0. The van der Waals surface area contributed by atoms with E-state index >= 15 is 0 Å². The molecule has 1 fully saturated rings. The van der Waals surface area contributed by atoms with Crippen molar-refractivity contribution in [3.63, 3.8) is 0 Å². The van der Waals surface area contributed by atoms with Crippen molar-refractivity contribution in [1.29, 1.82) is 0 Å². The molecule has 1 heterocycles. The molecule has 0 bridgehead atoms. The normalized spacial score (nSPS) is 21.2. The minimum atomic E-state index is -1.11. The highest BCUT2D eigenvalue weighted by atomic mass is 16.5. The fraction of sp³-hybridized carbons (Fsp3) is 0.677. The molecule has 7 unspecified atom stereocenters. The molecule has 0 aromatic heterocycles. The van der Waals surface area contributed by atoms with E-state index < -0.39 is 36.0 Å². The summed E-state index contributed by atoms with van der Waals surface area (Å²) in [5, 5.41) is 12.5. The van der Waals surface area contributed by atoms with E-state index in [2.05, 4.69) is 5.32 Å². The standard InChI is InChI=1S/C31H49N3O7/c1-8-20(2)28(33(5)22(4)35)26(40-6)19-27(36)34-17-13-16-25(34)29(41-7)21(3)30(37)32-24(31(38)39)18-23-14-11-9-10-12-15-23/h9-11,14-15,20-21,24-26,28-29H,8,12-13,16-19H2,1-7H3,(H,32,37)(H,38,39). The van der Waals surface area contributed by atoms with E-state index in [9.17, 15) is 24.3 Å². The van der Waals surface area contributed by atoms with Crippen LogP contribution in [0.5, 0.6) is 0 Å². The zero-order valence-corrected chi connectivity index (χ0v) is 25.7. The SMILES string of the molecule is CCC(C)C(C(CC(=O)N1CCCC1C(OC)C(C)C(=O)NC(CC1=CCC=CC=C1)C(=O)O)OC)N(C)C(C)=O. The zero-order valence-electron chi connectivity index (χ0n) is 25.7. The smallest absolute Gasteiger partial charge is 0.326 e. The Morgan fingerprint density at radius 3 is 2.46 bits per heavy atom. The Balaban J connectivity index is 2.15. The van der Waals surface area contributed by atoms with Gasteiger partial charge in [0.25, 0.3) is 0 Å². The van der Waals surface area contributed by atoms with Gasteiger partial charge in [0.05, 0.1) is 36.6 Å². The third-order valence-electron chi connectivity index (χ3n) is 8.54. The number of hydrogen-bond donors (Lipinski definition) is 2. The van der Waals surface area contributed by atoms with Crippen LogP contribution in [0.15, 0.2) is 36.0 Å². The Labute approximate surface area is 244 Å². The monoisotopic (exact) mass is 575 g/mol.